The summed E-state index contributed by atoms with van der Waals surface area (Å²) in [6.07, 6.45) is 2.08. The molecule has 4 nitrogen and oxygen atoms in total. The molecule has 5 heteroatoms. The summed E-state index contributed by atoms with van der Waals surface area (Å²) in [4.78, 5) is 17.8. The van der Waals surface area contributed by atoms with Crippen molar-refractivity contribution < 1.29 is 4.79 Å². The molecule has 152 valence electrons. The molecule has 0 bridgehead atoms. The van der Waals surface area contributed by atoms with Gasteiger partial charge in [-0.3, -0.25) is 14.6 Å². The van der Waals surface area contributed by atoms with Crippen molar-refractivity contribution in [3.63, 3.8) is 0 Å². The average Bonchev–Trinajstić information content (AvgIpc) is 3.26. The Hall–Kier alpha value is -1.69. The predicted octanol–water partition coefficient (Wildman–Crippen LogP) is 4.16. The van der Waals surface area contributed by atoms with Gasteiger partial charge in [0.25, 0.3) is 0 Å². The highest BCUT2D eigenvalue weighted by Crippen LogP contribution is 2.23. The van der Waals surface area contributed by atoms with Crippen LogP contribution >= 0.6 is 11.3 Å². The second-order valence-corrected chi connectivity index (χ2v) is 8.38. The fraction of sp³-hybridized carbons (Fsp3) is 0.522. The number of nitrogens with zero attached hydrogens (tertiary/aromatic N) is 2. The Morgan fingerprint density at radius 2 is 2.04 bits per heavy atom. The molecular formula is C23H33N3OS. The van der Waals surface area contributed by atoms with Crippen LogP contribution in [0.2, 0.25) is 0 Å². The largest absolute Gasteiger partial charge is 0.354 e. The summed E-state index contributed by atoms with van der Waals surface area (Å²) in [6, 6.07) is 13.0. The SMILES string of the molecule is CCN(CC)C(CNC(=O)C1CCCN(Cc2ccccc2)C1)c1ccsc1. The molecule has 0 aliphatic carbocycles. The van der Waals surface area contributed by atoms with Crippen LogP contribution in [0.5, 0.6) is 0 Å². The van der Waals surface area contributed by atoms with Gasteiger partial charge in [0.15, 0.2) is 0 Å². The molecule has 28 heavy (non-hydrogen) atoms. The van der Waals surface area contributed by atoms with E-state index in [1.54, 1.807) is 11.3 Å². The fourth-order valence-electron chi connectivity index (χ4n) is 4.18. The van der Waals surface area contributed by atoms with E-state index in [-0.39, 0.29) is 17.9 Å². The van der Waals surface area contributed by atoms with Crippen molar-refractivity contribution in [1.82, 2.24) is 15.1 Å². The summed E-state index contributed by atoms with van der Waals surface area (Å²) in [5, 5.41) is 7.60. The number of likely N-dealkylation sites (tertiary alicyclic amines) is 1. The monoisotopic (exact) mass is 399 g/mol. The van der Waals surface area contributed by atoms with E-state index in [0.29, 0.717) is 6.54 Å². The first kappa shape index (κ1) is 21.0. The van der Waals surface area contributed by atoms with Crippen molar-refractivity contribution in [3.05, 3.63) is 58.3 Å². The molecule has 2 aromatic rings. The lowest BCUT2D eigenvalue weighted by atomic mass is 9.96. The molecule has 0 radical (unpaired) electrons. The zero-order chi connectivity index (χ0) is 19.8. The van der Waals surface area contributed by atoms with E-state index in [2.05, 4.69) is 76.1 Å². The van der Waals surface area contributed by atoms with Crippen molar-refractivity contribution in [3.8, 4) is 0 Å². The lowest BCUT2D eigenvalue weighted by Crippen LogP contribution is -2.45. The smallest absolute Gasteiger partial charge is 0.224 e. The molecule has 1 amide bonds. The zero-order valence-electron chi connectivity index (χ0n) is 17.1. The van der Waals surface area contributed by atoms with Crippen molar-refractivity contribution in [1.29, 1.82) is 0 Å². The summed E-state index contributed by atoms with van der Waals surface area (Å²) >= 11 is 1.72. The summed E-state index contributed by atoms with van der Waals surface area (Å²) in [7, 11) is 0. The number of carbonyl (C=O) groups is 1. The molecule has 0 saturated carbocycles. The van der Waals surface area contributed by atoms with E-state index >= 15 is 0 Å². The molecule has 2 atom stereocenters. The van der Waals surface area contributed by atoms with E-state index < -0.39 is 0 Å². The normalized spacial score (nSPS) is 18.9. The fourth-order valence-corrected chi connectivity index (χ4v) is 4.89. The summed E-state index contributed by atoms with van der Waals surface area (Å²) in [6.45, 7) is 9.90. The molecule has 2 heterocycles. The minimum absolute atomic E-state index is 0.0947. The van der Waals surface area contributed by atoms with Crippen LogP contribution in [0.4, 0.5) is 0 Å². The maximum absolute atomic E-state index is 12.9. The molecular weight excluding hydrogens is 366 g/mol. The van der Waals surface area contributed by atoms with Crippen molar-refractivity contribution in [2.75, 3.05) is 32.7 Å². The van der Waals surface area contributed by atoms with Crippen molar-refractivity contribution >= 4 is 17.2 Å². The Balaban J connectivity index is 1.55. The van der Waals surface area contributed by atoms with Gasteiger partial charge in [-0.15, -0.1) is 0 Å². The van der Waals surface area contributed by atoms with E-state index in [1.807, 2.05) is 0 Å². The first-order chi connectivity index (χ1) is 13.7. The highest BCUT2D eigenvalue weighted by atomic mass is 32.1. The van der Waals surface area contributed by atoms with Gasteiger partial charge < -0.3 is 5.32 Å². The Labute approximate surface area is 173 Å². The molecule has 1 fully saturated rings. The van der Waals surface area contributed by atoms with Gasteiger partial charge in [0.05, 0.1) is 12.0 Å². The van der Waals surface area contributed by atoms with E-state index in [4.69, 9.17) is 0 Å². The quantitative estimate of drug-likeness (QED) is 0.688. The van der Waals surface area contributed by atoms with Crippen LogP contribution in [0.1, 0.15) is 43.9 Å². The molecule has 1 N–H and O–H groups in total. The number of rotatable bonds is 9. The van der Waals surface area contributed by atoms with Crippen LogP contribution in [-0.4, -0.2) is 48.4 Å². The third-order valence-corrected chi connectivity index (χ3v) is 6.48. The topological polar surface area (TPSA) is 35.6 Å². The van der Waals surface area contributed by atoms with Crippen LogP contribution < -0.4 is 5.32 Å². The molecule has 3 rings (SSSR count). The number of amides is 1. The first-order valence-corrected chi connectivity index (χ1v) is 11.5. The number of likely N-dealkylation sites (N-methyl/N-ethyl adjacent to an activating group) is 1. The molecule has 0 spiro atoms. The third kappa shape index (κ3) is 5.66. The third-order valence-electron chi connectivity index (χ3n) is 5.78. The van der Waals surface area contributed by atoms with Crippen LogP contribution in [0.3, 0.4) is 0 Å². The van der Waals surface area contributed by atoms with Crippen LogP contribution in [0.25, 0.3) is 0 Å². The number of hydrogen-bond donors (Lipinski definition) is 1. The van der Waals surface area contributed by atoms with Gasteiger partial charge in [-0.25, -0.2) is 0 Å². The number of thiophene rings is 1. The predicted molar refractivity (Wildman–Crippen MR) is 117 cm³/mol. The number of carbonyl (C=O) groups excluding carboxylic acids is 1. The summed E-state index contributed by atoms with van der Waals surface area (Å²) in [5.41, 5.74) is 2.63. The van der Waals surface area contributed by atoms with Crippen LogP contribution in [0, 0.1) is 5.92 Å². The molecule has 1 aliphatic rings. The Morgan fingerprint density at radius 1 is 1.25 bits per heavy atom. The first-order valence-electron chi connectivity index (χ1n) is 10.5. The average molecular weight is 400 g/mol. The highest BCUT2D eigenvalue weighted by Gasteiger charge is 2.27. The van der Waals surface area contributed by atoms with Crippen molar-refractivity contribution in [2.24, 2.45) is 5.92 Å². The molecule has 1 aromatic heterocycles. The van der Waals surface area contributed by atoms with Gasteiger partial charge in [-0.05, 0) is 60.4 Å². The second kappa shape index (κ2) is 10.7. The zero-order valence-corrected chi connectivity index (χ0v) is 18.0. The molecule has 1 saturated heterocycles. The van der Waals surface area contributed by atoms with E-state index in [1.165, 1.54) is 11.1 Å². The van der Waals surface area contributed by atoms with Gasteiger partial charge >= 0.3 is 0 Å². The lowest BCUT2D eigenvalue weighted by molar-refractivity contribution is -0.127. The van der Waals surface area contributed by atoms with Gasteiger partial charge in [0.1, 0.15) is 0 Å². The van der Waals surface area contributed by atoms with Gasteiger partial charge in [-0.2, -0.15) is 11.3 Å². The molecule has 1 aliphatic heterocycles. The van der Waals surface area contributed by atoms with Crippen LogP contribution in [-0.2, 0) is 11.3 Å². The van der Waals surface area contributed by atoms with Gasteiger partial charge in [0, 0.05) is 19.6 Å². The second-order valence-electron chi connectivity index (χ2n) is 7.60. The number of hydrogen-bond acceptors (Lipinski definition) is 4. The highest BCUT2D eigenvalue weighted by molar-refractivity contribution is 7.07. The Morgan fingerprint density at radius 3 is 2.71 bits per heavy atom. The summed E-state index contributed by atoms with van der Waals surface area (Å²) < 4.78 is 0. The Bertz CT molecular complexity index is 700. The molecule has 1 aromatic carbocycles. The van der Waals surface area contributed by atoms with Crippen LogP contribution in [0.15, 0.2) is 47.2 Å². The maximum Gasteiger partial charge on any atom is 0.224 e. The standard InChI is InChI=1S/C23H33N3OS/c1-3-26(4-2)22(21-12-14-28-18-21)15-24-23(27)20-11-8-13-25(17-20)16-19-9-6-5-7-10-19/h5-7,9-10,12,14,18,20,22H,3-4,8,11,13,15-17H2,1-2H3,(H,24,27). The minimum Gasteiger partial charge on any atom is -0.354 e. The van der Waals surface area contributed by atoms with E-state index in [0.717, 1.165) is 45.6 Å². The number of nitrogens with one attached hydrogen (secondary N) is 1. The lowest BCUT2D eigenvalue weighted by Gasteiger charge is -2.33. The minimum atomic E-state index is 0.0947. The maximum atomic E-state index is 12.9. The van der Waals surface area contributed by atoms with Gasteiger partial charge in [0.2, 0.25) is 5.91 Å². The van der Waals surface area contributed by atoms with Crippen molar-refractivity contribution in [2.45, 2.75) is 39.3 Å². The summed E-state index contributed by atoms with van der Waals surface area (Å²) in [5.74, 6) is 0.308. The van der Waals surface area contributed by atoms with Gasteiger partial charge in [-0.1, -0.05) is 44.2 Å². The molecule has 2 unspecified atom stereocenters. The van der Waals surface area contributed by atoms with E-state index in [9.17, 15) is 4.79 Å². The number of benzene rings is 1. The number of piperidine rings is 1. The Kier molecular flexibility index (Phi) is 8.07.